The van der Waals surface area contributed by atoms with Crippen molar-refractivity contribution >= 4 is 15.9 Å². The molecule has 8 heteroatoms. The Kier molecular flexibility index (Phi) is 7.24. The van der Waals surface area contributed by atoms with Crippen LogP contribution in [0.3, 0.4) is 0 Å². The summed E-state index contributed by atoms with van der Waals surface area (Å²) in [5.74, 6) is 1.57. The molecule has 2 aliphatic heterocycles. The minimum Gasteiger partial charge on any atom is -0.494 e. The lowest BCUT2D eigenvalue weighted by molar-refractivity contribution is -0.121. The van der Waals surface area contributed by atoms with Gasteiger partial charge >= 0.3 is 0 Å². The van der Waals surface area contributed by atoms with Crippen LogP contribution in [0.15, 0.2) is 41.3 Å². The number of sulfonamides is 1. The zero-order valence-corrected chi connectivity index (χ0v) is 20.1. The normalized spacial score (nSPS) is 18.1. The molecule has 0 aromatic heterocycles. The molecular formula is C25H32N2O5S. The number of amides is 1. The Labute approximate surface area is 196 Å². The molecule has 4 rings (SSSR count). The van der Waals surface area contributed by atoms with E-state index in [1.54, 1.807) is 24.3 Å². The largest absolute Gasteiger partial charge is 0.494 e. The van der Waals surface area contributed by atoms with Gasteiger partial charge in [-0.3, -0.25) is 4.79 Å². The Morgan fingerprint density at radius 2 is 1.91 bits per heavy atom. The van der Waals surface area contributed by atoms with Gasteiger partial charge in [0.15, 0.2) is 0 Å². The maximum Gasteiger partial charge on any atom is 0.243 e. The number of hydrogen-bond donors (Lipinski definition) is 1. The monoisotopic (exact) mass is 472 g/mol. The summed E-state index contributed by atoms with van der Waals surface area (Å²) in [7, 11) is -3.41. The van der Waals surface area contributed by atoms with Crippen LogP contribution in [0.2, 0.25) is 0 Å². The molecule has 0 spiro atoms. The second-order valence-corrected chi connectivity index (χ2v) is 10.6. The maximum atomic E-state index is 12.6. The highest BCUT2D eigenvalue weighted by Crippen LogP contribution is 2.35. The number of carbonyl (C=O) groups is 1. The van der Waals surface area contributed by atoms with Crippen LogP contribution in [0.25, 0.3) is 0 Å². The van der Waals surface area contributed by atoms with Crippen LogP contribution in [0.4, 0.5) is 0 Å². The molecule has 0 bridgehead atoms. The van der Waals surface area contributed by atoms with E-state index in [1.807, 2.05) is 26.0 Å². The van der Waals surface area contributed by atoms with E-state index in [1.165, 1.54) is 4.31 Å². The van der Waals surface area contributed by atoms with E-state index in [2.05, 4.69) is 5.32 Å². The van der Waals surface area contributed by atoms with Gasteiger partial charge in [-0.15, -0.1) is 0 Å². The SMILES string of the molecule is CCOc1cc2c(cc1CNC(=O)CCc1ccc(S(=O)(=O)N3CCCC3)cc1)O[C@H](C)C2. The molecule has 2 heterocycles. The molecule has 1 fully saturated rings. The minimum absolute atomic E-state index is 0.0685. The molecule has 1 saturated heterocycles. The van der Waals surface area contributed by atoms with Crippen LogP contribution in [0.1, 0.15) is 49.8 Å². The number of benzene rings is 2. The van der Waals surface area contributed by atoms with Crippen LogP contribution in [-0.2, 0) is 34.2 Å². The van der Waals surface area contributed by atoms with Crippen LogP contribution in [0, 0.1) is 0 Å². The summed E-state index contributed by atoms with van der Waals surface area (Å²) in [5.41, 5.74) is 2.96. The Balaban J connectivity index is 1.31. The standard InChI is InChI=1S/C25H32N2O5S/c1-3-31-23-15-20-14-18(2)32-24(20)16-21(23)17-26-25(28)11-8-19-6-9-22(10-7-19)33(29,30)27-12-4-5-13-27/h6-7,9-10,15-16,18H,3-5,8,11-14,17H2,1-2H3,(H,26,28)/t18-/m1/s1. The third kappa shape index (κ3) is 5.50. The molecule has 1 atom stereocenters. The lowest BCUT2D eigenvalue weighted by Gasteiger charge is -2.15. The zero-order chi connectivity index (χ0) is 23.4. The number of aryl methyl sites for hydroxylation is 1. The molecule has 0 aliphatic carbocycles. The van der Waals surface area contributed by atoms with E-state index in [0.717, 1.165) is 47.5 Å². The van der Waals surface area contributed by atoms with Crippen molar-refractivity contribution in [3.8, 4) is 11.5 Å². The molecule has 0 radical (unpaired) electrons. The molecule has 1 amide bonds. The Hall–Kier alpha value is -2.58. The van der Waals surface area contributed by atoms with Crippen LogP contribution in [0.5, 0.6) is 11.5 Å². The molecule has 178 valence electrons. The molecule has 1 N–H and O–H groups in total. The number of hydrogen-bond acceptors (Lipinski definition) is 5. The topological polar surface area (TPSA) is 84.9 Å². The Morgan fingerprint density at radius 1 is 1.18 bits per heavy atom. The van der Waals surface area contributed by atoms with E-state index in [4.69, 9.17) is 9.47 Å². The minimum atomic E-state index is -3.41. The first-order chi connectivity index (χ1) is 15.9. The molecule has 0 unspecified atom stereocenters. The summed E-state index contributed by atoms with van der Waals surface area (Å²) in [6, 6.07) is 10.8. The molecule has 2 aliphatic rings. The van der Waals surface area contributed by atoms with E-state index in [9.17, 15) is 13.2 Å². The van der Waals surface area contributed by atoms with E-state index in [0.29, 0.717) is 44.0 Å². The van der Waals surface area contributed by atoms with Gasteiger partial charge in [-0.05, 0) is 62.9 Å². The van der Waals surface area contributed by atoms with E-state index < -0.39 is 10.0 Å². The van der Waals surface area contributed by atoms with Crippen molar-refractivity contribution in [3.63, 3.8) is 0 Å². The highest BCUT2D eigenvalue weighted by molar-refractivity contribution is 7.89. The van der Waals surface area contributed by atoms with Crippen molar-refractivity contribution in [2.75, 3.05) is 19.7 Å². The van der Waals surface area contributed by atoms with Crippen LogP contribution in [-0.4, -0.2) is 44.4 Å². The predicted octanol–water partition coefficient (Wildman–Crippen LogP) is 3.44. The molecule has 2 aromatic carbocycles. The van der Waals surface area contributed by atoms with Gasteiger partial charge in [0, 0.05) is 43.6 Å². The third-order valence-corrected chi connectivity index (χ3v) is 8.03. The lowest BCUT2D eigenvalue weighted by Crippen LogP contribution is -2.27. The highest BCUT2D eigenvalue weighted by Gasteiger charge is 2.27. The predicted molar refractivity (Wildman–Crippen MR) is 126 cm³/mol. The van der Waals surface area contributed by atoms with Gasteiger partial charge < -0.3 is 14.8 Å². The lowest BCUT2D eigenvalue weighted by atomic mass is 10.1. The molecular weight excluding hydrogens is 440 g/mol. The van der Waals surface area contributed by atoms with Crippen LogP contribution >= 0.6 is 0 Å². The van der Waals surface area contributed by atoms with Crippen molar-refractivity contribution in [2.45, 2.75) is 63.5 Å². The summed E-state index contributed by atoms with van der Waals surface area (Å²) >= 11 is 0. The number of ether oxygens (including phenoxy) is 2. The van der Waals surface area contributed by atoms with Gasteiger partial charge in [0.1, 0.15) is 17.6 Å². The van der Waals surface area contributed by atoms with Crippen molar-refractivity contribution in [1.29, 1.82) is 0 Å². The van der Waals surface area contributed by atoms with Gasteiger partial charge in [0.2, 0.25) is 15.9 Å². The van der Waals surface area contributed by atoms with Gasteiger partial charge in [-0.1, -0.05) is 12.1 Å². The van der Waals surface area contributed by atoms with Gasteiger partial charge in [-0.25, -0.2) is 8.42 Å². The number of nitrogens with one attached hydrogen (secondary N) is 1. The Morgan fingerprint density at radius 3 is 2.61 bits per heavy atom. The molecule has 33 heavy (non-hydrogen) atoms. The second-order valence-electron chi connectivity index (χ2n) is 8.67. The van der Waals surface area contributed by atoms with Crippen LogP contribution < -0.4 is 14.8 Å². The molecule has 2 aromatic rings. The first kappa shape index (κ1) is 23.6. The number of nitrogens with zero attached hydrogens (tertiary/aromatic N) is 1. The van der Waals surface area contributed by atoms with E-state index in [-0.39, 0.29) is 12.0 Å². The fraction of sp³-hybridized carbons (Fsp3) is 0.480. The smallest absolute Gasteiger partial charge is 0.243 e. The first-order valence-electron chi connectivity index (χ1n) is 11.7. The molecule has 0 saturated carbocycles. The van der Waals surface area contributed by atoms with Gasteiger partial charge in [0.05, 0.1) is 11.5 Å². The average molecular weight is 473 g/mol. The molecule has 7 nitrogen and oxygen atoms in total. The maximum absolute atomic E-state index is 12.6. The fourth-order valence-electron chi connectivity index (χ4n) is 4.36. The van der Waals surface area contributed by atoms with Crippen molar-refractivity contribution in [2.24, 2.45) is 0 Å². The van der Waals surface area contributed by atoms with E-state index >= 15 is 0 Å². The summed E-state index contributed by atoms with van der Waals surface area (Å²) in [4.78, 5) is 12.8. The summed E-state index contributed by atoms with van der Waals surface area (Å²) in [6.45, 7) is 6.08. The quantitative estimate of drug-likeness (QED) is 0.604. The summed E-state index contributed by atoms with van der Waals surface area (Å²) in [6.07, 6.45) is 3.70. The highest BCUT2D eigenvalue weighted by atomic mass is 32.2. The second kappa shape index (κ2) is 10.1. The number of fused-ring (bicyclic) bond motifs is 1. The Bertz CT molecular complexity index is 1090. The van der Waals surface area contributed by atoms with Crippen molar-refractivity contribution < 1.29 is 22.7 Å². The van der Waals surface area contributed by atoms with Crippen molar-refractivity contribution in [3.05, 3.63) is 53.1 Å². The summed E-state index contributed by atoms with van der Waals surface area (Å²) < 4.78 is 38.4. The zero-order valence-electron chi connectivity index (χ0n) is 19.3. The third-order valence-electron chi connectivity index (χ3n) is 6.12. The van der Waals surface area contributed by atoms with Gasteiger partial charge in [-0.2, -0.15) is 4.31 Å². The van der Waals surface area contributed by atoms with Gasteiger partial charge in [0.25, 0.3) is 0 Å². The van der Waals surface area contributed by atoms with Crippen molar-refractivity contribution in [1.82, 2.24) is 9.62 Å². The summed E-state index contributed by atoms with van der Waals surface area (Å²) in [5, 5.41) is 2.97. The number of rotatable bonds is 9. The average Bonchev–Trinajstić information content (AvgIpc) is 3.46. The first-order valence-corrected chi connectivity index (χ1v) is 13.1. The fourth-order valence-corrected chi connectivity index (χ4v) is 5.87. The number of carbonyl (C=O) groups excluding carboxylic acids is 1.